The quantitative estimate of drug-likeness (QED) is 0.212. The van der Waals surface area contributed by atoms with Gasteiger partial charge in [0.1, 0.15) is 5.82 Å². The second-order valence-electron chi connectivity index (χ2n) is 6.64. The van der Waals surface area contributed by atoms with Crippen molar-refractivity contribution in [3.8, 4) is 0 Å². The Morgan fingerprint density at radius 3 is 2.75 bits per heavy atom. The number of aromatic nitrogens is 3. The number of anilines is 2. The zero-order chi connectivity index (χ0) is 20.4. The van der Waals surface area contributed by atoms with Gasteiger partial charge >= 0.3 is 0 Å². The lowest BCUT2D eigenvalue weighted by Crippen LogP contribution is -2.41. The fourth-order valence-corrected chi connectivity index (χ4v) is 2.86. The number of rotatable bonds is 11. The van der Waals surface area contributed by atoms with Gasteiger partial charge in [0.15, 0.2) is 0 Å². The van der Waals surface area contributed by atoms with Crippen LogP contribution < -0.4 is 15.8 Å². The Labute approximate surface area is 164 Å². The molecule has 1 saturated heterocycles. The highest BCUT2D eigenvalue weighted by molar-refractivity contribution is 5.80. The van der Waals surface area contributed by atoms with E-state index in [4.69, 9.17) is 4.74 Å². The SMILES string of the molecule is CCCCC[C@H](CN(O)C=O)C(=O)NNc1nc(C)nc(N2CCOCC2)n1. The monoisotopic (exact) mass is 395 g/mol. The lowest BCUT2D eigenvalue weighted by Gasteiger charge is -2.27. The van der Waals surface area contributed by atoms with Crippen molar-refractivity contribution in [2.45, 2.75) is 39.5 Å². The van der Waals surface area contributed by atoms with E-state index in [1.165, 1.54) is 0 Å². The van der Waals surface area contributed by atoms with Gasteiger partial charge in [0.05, 0.1) is 25.7 Å². The Balaban J connectivity index is 1.98. The van der Waals surface area contributed by atoms with E-state index < -0.39 is 5.92 Å². The van der Waals surface area contributed by atoms with Crippen LogP contribution in [0.3, 0.4) is 0 Å². The third-order valence-electron chi connectivity index (χ3n) is 4.38. The zero-order valence-electron chi connectivity index (χ0n) is 16.4. The van der Waals surface area contributed by atoms with Gasteiger partial charge in [-0.15, -0.1) is 0 Å². The van der Waals surface area contributed by atoms with Gasteiger partial charge in [-0.05, 0) is 13.3 Å². The number of hydroxylamine groups is 2. The normalized spacial score (nSPS) is 15.0. The van der Waals surface area contributed by atoms with Crippen LogP contribution >= 0.6 is 0 Å². The van der Waals surface area contributed by atoms with Crippen molar-refractivity contribution in [1.29, 1.82) is 0 Å². The van der Waals surface area contributed by atoms with E-state index in [9.17, 15) is 14.8 Å². The number of ether oxygens (including phenoxy) is 1. The number of hydrazine groups is 1. The van der Waals surface area contributed by atoms with E-state index in [2.05, 4.69) is 32.7 Å². The molecule has 3 N–H and O–H groups in total. The molecule has 1 atom stereocenters. The molecule has 28 heavy (non-hydrogen) atoms. The molecule has 2 amide bonds. The number of morpholine rings is 1. The van der Waals surface area contributed by atoms with Gasteiger partial charge in [-0.3, -0.25) is 25.6 Å². The van der Waals surface area contributed by atoms with Gasteiger partial charge in [-0.25, -0.2) is 5.06 Å². The fraction of sp³-hybridized carbons (Fsp3) is 0.706. The second kappa shape index (κ2) is 11.3. The summed E-state index contributed by atoms with van der Waals surface area (Å²) >= 11 is 0. The van der Waals surface area contributed by atoms with E-state index in [-0.39, 0.29) is 24.8 Å². The van der Waals surface area contributed by atoms with E-state index >= 15 is 0 Å². The average molecular weight is 395 g/mol. The lowest BCUT2D eigenvalue weighted by molar-refractivity contribution is -0.154. The van der Waals surface area contributed by atoms with E-state index in [1.807, 2.05) is 4.90 Å². The zero-order valence-corrected chi connectivity index (χ0v) is 16.4. The Morgan fingerprint density at radius 2 is 2.07 bits per heavy atom. The van der Waals surface area contributed by atoms with Gasteiger partial charge in [-0.1, -0.05) is 26.2 Å². The van der Waals surface area contributed by atoms with Gasteiger partial charge in [-0.2, -0.15) is 15.0 Å². The topological polar surface area (TPSA) is 133 Å². The fourth-order valence-electron chi connectivity index (χ4n) is 2.86. The van der Waals surface area contributed by atoms with Crippen LogP contribution in [0.25, 0.3) is 0 Å². The molecule has 1 fully saturated rings. The Hall–Kier alpha value is -2.53. The van der Waals surface area contributed by atoms with Crippen molar-refractivity contribution in [2.24, 2.45) is 5.92 Å². The minimum Gasteiger partial charge on any atom is -0.378 e. The third-order valence-corrected chi connectivity index (χ3v) is 4.38. The molecule has 0 radical (unpaired) electrons. The minimum atomic E-state index is -0.545. The Morgan fingerprint density at radius 1 is 1.32 bits per heavy atom. The molecule has 0 aromatic carbocycles. The van der Waals surface area contributed by atoms with Gasteiger partial charge < -0.3 is 9.64 Å². The molecule has 0 saturated carbocycles. The number of nitrogens with zero attached hydrogens (tertiary/aromatic N) is 5. The summed E-state index contributed by atoms with van der Waals surface area (Å²) in [4.78, 5) is 38.1. The summed E-state index contributed by atoms with van der Waals surface area (Å²) in [7, 11) is 0. The number of carbonyl (C=O) groups excluding carboxylic acids is 2. The highest BCUT2D eigenvalue weighted by atomic mass is 16.5. The molecule has 0 unspecified atom stereocenters. The number of carbonyl (C=O) groups is 2. The molecule has 2 rings (SSSR count). The molecule has 11 heteroatoms. The van der Waals surface area contributed by atoms with E-state index in [1.54, 1.807) is 6.92 Å². The number of nitrogens with one attached hydrogen (secondary N) is 2. The maximum absolute atomic E-state index is 12.5. The molecule has 156 valence electrons. The van der Waals surface area contributed by atoms with Gasteiger partial charge in [0.25, 0.3) is 0 Å². The van der Waals surface area contributed by atoms with Crippen LogP contribution in [0, 0.1) is 12.8 Å². The predicted octanol–water partition coefficient (Wildman–Crippen LogP) is 0.504. The average Bonchev–Trinajstić information content (AvgIpc) is 2.71. The molecule has 0 aliphatic carbocycles. The third kappa shape index (κ3) is 6.89. The summed E-state index contributed by atoms with van der Waals surface area (Å²) in [6.45, 7) is 6.33. The maximum atomic E-state index is 12.5. The van der Waals surface area contributed by atoms with Gasteiger partial charge in [0.2, 0.25) is 24.2 Å². The van der Waals surface area contributed by atoms with Crippen LogP contribution in [0.5, 0.6) is 0 Å². The Kier molecular flexibility index (Phi) is 8.82. The molecule has 11 nitrogen and oxygen atoms in total. The first-order chi connectivity index (χ1) is 13.5. The van der Waals surface area contributed by atoms with Crippen LogP contribution in [-0.2, 0) is 14.3 Å². The van der Waals surface area contributed by atoms with Crippen LogP contribution in [0.1, 0.15) is 38.4 Å². The smallest absolute Gasteiger partial charge is 0.246 e. The summed E-state index contributed by atoms with van der Waals surface area (Å²) in [5.41, 5.74) is 5.29. The number of unbranched alkanes of at least 4 members (excludes halogenated alkanes) is 2. The van der Waals surface area contributed by atoms with Crippen molar-refractivity contribution in [2.75, 3.05) is 43.2 Å². The van der Waals surface area contributed by atoms with Crippen LogP contribution in [0.2, 0.25) is 0 Å². The standard InChI is InChI=1S/C17H29N7O4/c1-3-4-5-6-14(11-24(27)12-25)15(26)21-22-16-18-13(2)19-17(20-16)23-7-9-28-10-8-23/h12,14,27H,3-11H2,1-2H3,(H,21,26)(H,18,19,20,22)/t14-/m1/s1. The second-order valence-corrected chi connectivity index (χ2v) is 6.64. The first-order valence-electron chi connectivity index (χ1n) is 9.55. The first kappa shape index (κ1) is 21.8. The number of aryl methyl sites for hydroxylation is 1. The first-order valence-corrected chi connectivity index (χ1v) is 9.55. The number of hydrogen-bond donors (Lipinski definition) is 3. The molecular formula is C17H29N7O4. The summed E-state index contributed by atoms with van der Waals surface area (Å²) in [6.07, 6.45) is 3.66. The van der Waals surface area contributed by atoms with E-state index in [0.29, 0.717) is 49.6 Å². The summed E-state index contributed by atoms with van der Waals surface area (Å²) in [6, 6.07) is 0. The van der Waals surface area contributed by atoms with Crippen molar-refractivity contribution < 1.29 is 19.5 Å². The number of amides is 2. The predicted molar refractivity (Wildman–Crippen MR) is 102 cm³/mol. The van der Waals surface area contributed by atoms with Gasteiger partial charge in [0, 0.05) is 13.1 Å². The molecule has 0 bridgehead atoms. The van der Waals surface area contributed by atoms with Crippen molar-refractivity contribution in [3.63, 3.8) is 0 Å². The summed E-state index contributed by atoms with van der Waals surface area (Å²) in [5, 5.41) is 9.94. The summed E-state index contributed by atoms with van der Waals surface area (Å²) < 4.78 is 5.33. The minimum absolute atomic E-state index is 0.0734. The molecular weight excluding hydrogens is 366 g/mol. The van der Waals surface area contributed by atoms with Crippen molar-refractivity contribution >= 4 is 24.2 Å². The lowest BCUT2D eigenvalue weighted by atomic mass is 10.0. The van der Waals surface area contributed by atoms with Crippen LogP contribution in [0.15, 0.2) is 0 Å². The Bertz CT molecular complexity index is 640. The maximum Gasteiger partial charge on any atom is 0.246 e. The molecule has 1 aliphatic rings. The summed E-state index contributed by atoms with van der Waals surface area (Å²) in [5.74, 6) is 0.384. The largest absolute Gasteiger partial charge is 0.378 e. The van der Waals surface area contributed by atoms with Crippen LogP contribution in [0.4, 0.5) is 11.9 Å². The highest BCUT2D eigenvalue weighted by Crippen LogP contribution is 2.13. The van der Waals surface area contributed by atoms with Crippen molar-refractivity contribution in [1.82, 2.24) is 25.4 Å². The number of hydrogen-bond acceptors (Lipinski definition) is 9. The van der Waals surface area contributed by atoms with Crippen LogP contribution in [-0.4, -0.2) is 70.4 Å². The molecule has 1 aromatic heterocycles. The van der Waals surface area contributed by atoms with E-state index in [0.717, 1.165) is 19.3 Å². The molecule has 2 heterocycles. The molecule has 0 spiro atoms. The highest BCUT2D eigenvalue weighted by Gasteiger charge is 2.21. The van der Waals surface area contributed by atoms with Crippen molar-refractivity contribution in [3.05, 3.63) is 5.82 Å². The molecule has 1 aliphatic heterocycles. The molecule has 1 aromatic rings.